The number of sulfonamides is 1. The Hall–Kier alpha value is -0.0900. The van der Waals surface area contributed by atoms with Crippen LogP contribution in [0.5, 0.6) is 0 Å². The molecule has 0 bridgehead atoms. The molecule has 60 valence electrons. The standard InChI is InChI=1S/C6H13NO2S/c1-2-5-7-10(8,9)6-3-4-6/h6-7H,2-5H2,1H3. The first-order chi connectivity index (χ1) is 4.67. The molecule has 4 heteroatoms. The Bertz CT molecular complexity index is 194. The van der Waals surface area contributed by atoms with Gasteiger partial charge in [-0.2, -0.15) is 0 Å². The molecule has 0 saturated heterocycles. The smallest absolute Gasteiger partial charge is 0.214 e. The Morgan fingerprint density at radius 3 is 2.50 bits per heavy atom. The van der Waals surface area contributed by atoms with Gasteiger partial charge in [0, 0.05) is 6.54 Å². The van der Waals surface area contributed by atoms with E-state index in [1.165, 1.54) is 0 Å². The Labute approximate surface area is 61.9 Å². The van der Waals surface area contributed by atoms with E-state index < -0.39 is 10.0 Å². The maximum Gasteiger partial charge on any atom is 0.214 e. The molecule has 0 radical (unpaired) electrons. The second-order valence-electron chi connectivity index (χ2n) is 2.64. The van der Waals surface area contributed by atoms with E-state index in [-0.39, 0.29) is 5.25 Å². The second kappa shape index (κ2) is 2.88. The predicted octanol–water partition coefficient (Wildman–Crippen LogP) is 0.478. The lowest BCUT2D eigenvalue weighted by atomic mass is 10.5. The van der Waals surface area contributed by atoms with Gasteiger partial charge in [-0.3, -0.25) is 0 Å². The average Bonchev–Trinajstić information content (AvgIpc) is 2.64. The minimum atomic E-state index is -2.90. The van der Waals surface area contributed by atoms with E-state index in [0.717, 1.165) is 19.3 Å². The van der Waals surface area contributed by atoms with Crippen LogP contribution >= 0.6 is 0 Å². The van der Waals surface area contributed by atoms with Crippen LogP contribution in [0.3, 0.4) is 0 Å². The molecule has 0 aromatic rings. The van der Waals surface area contributed by atoms with Gasteiger partial charge in [-0.15, -0.1) is 0 Å². The monoisotopic (exact) mass is 163 g/mol. The second-order valence-corrected chi connectivity index (χ2v) is 4.68. The first-order valence-corrected chi connectivity index (χ1v) is 5.20. The maximum absolute atomic E-state index is 11.0. The minimum absolute atomic E-state index is 0.0703. The lowest BCUT2D eigenvalue weighted by Crippen LogP contribution is -2.27. The van der Waals surface area contributed by atoms with Gasteiger partial charge in [-0.05, 0) is 19.3 Å². The lowest BCUT2D eigenvalue weighted by Gasteiger charge is -2.01. The fourth-order valence-electron chi connectivity index (χ4n) is 0.741. The lowest BCUT2D eigenvalue weighted by molar-refractivity contribution is 0.579. The molecular weight excluding hydrogens is 150 g/mol. The van der Waals surface area contributed by atoms with E-state index in [2.05, 4.69) is 4.72 Å². The zero-order valence-electron chi connectivity index (χ0n) is 6.13. The summed E-state index contributed by atoms with van der Waals surface area (Å²) in [6.07, 6.45) is 2.56. The molecule has 10 heavy (non-hydrogen) atoms. The first-order valence-electron chi connectivity index (χ1n) is 3.65. The van der Waals surface area contributed by atoms with Gasteiger partial charge in [-0.1, -0.05) is 6.92 Å². The molecule has 1 aliphatic carbocycles. The molecule has 0 aromatic carbocycles. The molecule has 0 spiro atoms. The first kappa shape index (κ1) is 8.01. The highest BCUT2D eigenvalue weighted by Crippen LogP contribution is 2.27. The molecule has 0 atom stereocenters. The Morgan fingerprint density at radius 1 is 1.50 bits per heavy atom. The van der Waals surface area contributed by atoms with Crippen molar-refractivity contribution in [2.45, 2.75) is 31.4 Å². The highest BCUT2D eigenvalue weighted by atomic mass is 32.2. The summed E-state index contributed by atoms with van der Waals surface area (Å²) in [7, 11) is -2.90. The summed E-state index contributed by atoms with van der Waals surface area (Å²) >= 11 is 0. The molecule has 0 unspecified atom stereocenters. The third-order valence-corrected chi connectivity index (χ3v) is 3.47. The zero-order valence-corrected chi connectivity index (χ0v) is 6.95. The molecule has 1 N–H and O–H groups in total. The van der Waals surface area contributed by atoms with Crippen LogP contribution in [0, 0.1) is 0 Å². The summed E-state index contributed by atoms with van der Waals surface area (Å²) in [4.78, 5) is 0. The number of nitrogens with one attached hydrogen (secondary N) is 1. The van der Waals surface area contributed by atoms with Crippen LogP contribution in [-0.4, -0.2) is 20.2 Å². The van der Waals surface area contributed by atoms with Gasteiger partial charge in [0.05, 0.1) is 5.25 Å². The van der Waals surface area contributed by atoms with E-state index in [9.17, 15) is 8.42 Å². The molecule has 0 amide bonds. The van der Waals surface area contributed by atoms with Crippen LogP contribution in [0.4, 0.5) is 0 Å². The van der Waals surface area contributed by atoms with Crippen molar-refractivity contribution in [1.29, 1.82) is 0 Å². The van der Waals surface area contributed by atoms with E-state index in [1.54, 1.807) is 0 Å². The minimum Gasteiger partial charge on any atom is -0.215 e. The summed E-state index contributed by atoms with van der Waals surface area (Å²) in [5, 5.41) is -0.0703. The summed E-state index contributed by atoms with van der Waals surface area (Å²) in [6, 6.07) is 0. The fraction of sp³-hybridized carbons (Fsp3) is 1.00. The third-order valence-electron chi connectivity index (χ3n) is 1.52. The molecule has 0 aromatic heterocycles. The van der Waals surface area contributed by atoms with E-state index >= 15 is 0 Å². The highest BCUT2D eigenvalue weighted by Gasteiger charge is 2.34. The van der Waals surface area contributed by atoms with E-state index in [4.69, 9.17) is 0 Å². The maximum atomic E-state index is 11.0. The zero-order chi connectivity index (χ0) is 7.61. The van der Waals surface area contributed by atoms with E-state index in [1.807, 2.05) is 6.92 Å². The molecule has 3 nitrogen and oxygen atoms in total. The Morgan fingerprint density at radius 2 is 2.10 bits per heavy atom. The normalized spacial score (nSPS) is 19.3. The van der Waals surface area contributed by atoms with Gasteiger partial charge in [0.15, 0.2) is 0 Å². The molecule has 1 fully saturated rings. The van der Waals surface area contributed by atoms with Crippen LogP contribution in [-0.2, 0) is 10.0 Å². The van der Waals surface area contributed by atoms with Crippen molar-refractivity contribution in [2.24, 2.45) is 0 Å². The van der Waals surface area contributed by atoms with Crippen LogP contribution in [0.25, 0.3) is 0 Å². The van der Waals surface area contributed by atoms with Gasteiger partial charge in [0.1, 0.15) is 0 Å². The van der Waals surface area contributed by atoms with Crippen molar-refractivity contribution in [3.05, 3.63) is 0 Å². The summed E-state index contributed by atoms with van der Waals surface area (Å²) in [5.41, 5.74) is 0. The van der Waals surface area contributed by atoms with Gasteiger partial charge in [0.2, 0.25) is 10.0 Å². The number of rotatable bonds is 4. The molecule has 1 saturated carbocycles. The molecule has 1 aliphatic rings. The van der Waals surface area contributed by atoms with Gasteiger partial charge < -0.3 is 0 Å². The van der Waals surface area contributed by atoms with Crippen LogP contribution in [0.15, 0.2) is 0 Å². The van der Waals surface area contributed by atoms with Gasteiger partial charge >= 0.3 is 0 Å². The summed E-state index contributed by atoms with van der Waals surface area (Å²) in [5.74, 6) is 0. The van der Waals surface area contributed by atoms with Crippen LogP contribution < -0.4 is 4.72 Å². The predicted molar refractivity (Wildman–Crippen MR) is 40.2 cm³/mol. The van der Waals surface area contributed by atoms with Crippen LogP contribution in [0.1, 0.15) is 26.2 Å². The number of hydrogen-bond donors (Lipinski definition) is 1. The van der Waals surface area contributed by atoms with Crippen LogP contribution in [0.2, 0.25) is 0 Å². The Balaban J connectivity index is 2.36. The quantitative estimate of drug-likeness (QED) is 0.655. The molecular formula is C6H13NO2S. The van der Waals surface area contributed by atoms with Crippen molar-refractivity contribution < 1.29 is 8.42 Å². The SMILES string of the molecule is CCCNS(=O)(=O)C1CC1. The summed E-state index contributed by atoms with van der Waals surface area (Å²) in [6.45, 7) is 2.54. The fourth-order valence-corrected chi connectivity index (χ4v) is 2.22. The average molecular weight is 163 g/mol. The highest BCUT2D eigenvalue weighted by molar-refractivity contribution is 7.90. The molecule has 0 heterocycles. The van der Waals surface area contributed by atoms with Crippen molar-refractivity contribution in [3.8, 4) is 0 Å². The number of hydrogen-bond acceptors (Lipinski definition) is 2. The third kappa shape index (κ3) is 1.95. The molecule has 1 rings (SSSR count). The van der Waals surface area contributed by atoms with Crippen molar-refractivity contribution in [2.75, 3.05) is 6.54 Å². The topological polar surface area (TPSA) is 46.2 Å². The van der Waals surface area contributed by atoms with Crippen molar-refractivity contribution >= 4 is 10.0 Å². The van der Waals surface area contributed by atoms with E-state index in [0.29, 0.717) is 6.54 Å². The van der Waals surface area contributed by atoms with Crippen molar-refractivity contribution in [1.82, 2.24) is 4.72 Å². The Kier molecular flexibility index (Phi) is 2.31. The van der Waals surface area contributed by atoms with Gasteiger partial charge in [0.25, 0.3) is 0 Å². The largest absolute Gasteiger partial charge is 0.215 e. The summed E-state index contributed by atoms with van der Waals surface area (Å²) < 4.78 is 24.6. The van der Waals surface area contributed by atoms with Crippen molar-refractivity contribution in [3.63, 3.8) is 0 Å². The molecule has 0 aliphatic heterocycles. The van der Waals surface area contributed by atoms with Gasteiger partial charge in [-0.25, -0.2) is 13.1 Å².